The molecule has 26 heavy (non-hydrogen) atoms. The third kappa shape index (κ3) is 4.15. The van der Waals surface area contributed by atoms with E-state index in [-0.39, 0.29) is 5.56 Å². The maximum atomic E-state index is 12.3. The number of hydrogen-bond acceptors (Lipinski definition) is 6. The van der Waals surface area contributed by atoms with Crippen molar-refractivity contribution in [3.8, 4) is 23.0 Å². The van der Waals surface area contributed by atoms with Crippen LogP contribution in [0.1, 0.15) is 20.7 Å². The Kier molecular flexibility index (Phi) is 6.26. The van der Waals surface area contributed by atoms with Crippen molar-refractivity contribution in [2.45, 2.75) is 0 Å². The summed E-state index contributed by atoms with van der Waals surface area (Å²) in [7, 11) is 5.92. The van der Waals surface area contributed by atoms with Crippen LogP contribution >= 0.6 is 0 Å². The van der Waals surface area contributed by atoms with Gasteiger partial charge in [0.05, 0.1) is 34.0 Å². The lowest BCUT2D eigenvalue weighted by molar-refractivity contribution is 0.0844. The van der Waals surface area contributed by atoms with Crippen molar-refractivity contribution in [3.05, 3.63) is 47.5 Å². The van der Waals surface area contributed by atoms with Gasteiger partial charge in [0, 0.05) is 11.6 Å². The van der Waals surface area contributed by atoms with Crippen LogP contribution in [-0.4, -0.2) is 40.3 Å². The summed E-state index contributed by atoms with van der Waals surface area (Å²) in [6.07, 6.45) is 0. The average molecular weight is 360 g/mol. The van der Waals surface area contributed by atoms with E-state index in [1.807, 2.05) is 0 Å². The molecular formula is C18H20N2O6. The molecule has 0 bridgehead atoms. The van der Waals surface area contributed by atoms with Crippen LogP contribution in [0.4, 0.5) is 0 Å². The Labute approximate surface area is 151 Å². The van der Waals surface area contributed by atoms with Crippen LogP contribution in [0, 0.1) is 0 Å². The summed E-state index contributed by atoms with van der Waals surface area (Å²) in [6.45, 7) is 0. The molecule has 8 heteroatoms. The minimum absolute atomic E-state index is 0.251. The van der Waals surface area contributed by atoms with Crippen LogP contribution in [0.25, 0.3) is 0 Å². The summed E-state index contributed by atoms with van der Waals surface area (Å²) in [5, 5.41) is 0. The van der Waals surface area contributed by atoms with Gasteiger partial charge in [0.15, 0.2) is 11.5 Å². The van der Waals surface area contributed by atoms with Crippen molar-refractivity contribution in [2.24, 2.45) is 0 Å². The Bertz CT molecular complexity index is 806. The van der Waals surface area contributed by atoms with Crippen molar-refractivity contribution in [1.82, 2.24) is 10.9 Å². The van der Waals surface area contributed by atoms with Crippen LogP contribution in [-0.2, 0) is 0 Å². The normalized spacial score (nSPS) is 9.85. The van der Waals surface area contributed by atoms with E-state index in [1.54, 1.807) is 24.3 Å². The van der Waals surface area contributed by atoms with Gasteiger partial charge in [-0.25, -0.2) is 0 Å². The van der Waals surface area contributed by atoms with Crippen molar-refractivity contribution in [3.63, 3.8) is 0 Å². The molecule has 0 fully saturated rings. The molecule has 2 aromatic carbocycles. The molecule has 2 N–H and O–H groups in total. The Balaban J connectivity index is 2.08. The fourth-order valence-electron chi connectivity index (χ4n) is 2.22. The van der Waals surface area contributed by atoms with Crippen LogP contribution in [0.5, 0.6) is 23.0 Å². The fourth-order valence-corrected chi connectivity index (χ4v) is 2.22. The van der Waals surface area contributed by atoms with E-state index in [2.05, 4.69) is 10.9 Å². The van der Waals surface area contributed by atoms with E-state index in [1.165, 1.54) is 40.6 Å². The van der Waals surface area contributed by atoms with Crippen molar-refractivity contribution in [1.29, 1.82) is 0 Å². The van der Waals surface area contributed by atoms with Gasteiger partial charge in [0.2, 0.25) is 0 Å². The first-order chi connectivity index (χ1) is 12.5. The SMILES string of the molecule is COc1ccc(C(=O)NNC(=O)c2ccc(OC)c(OC)c2)c(OC)c1. The number of hydrogen-bond donors (Lipinski definition) is 2. The van der Waals surface area contributed by atoms with E-state index in [0.29, 0.717) is 28.6 Å². The molecule has 2 aromatic rings. The lowest BCUT2D eigenvalue weighted by Crippen LogP contribution is -2.41. The summed E-state index contributed by atoms with van der Waals surface area (Å²) < 4.78 is 20.5. The number of carbonyl (C=O) groups is 2. The van der Waals surface area contributed by atoms with Crippen molar-refractivity contribution in [2.75, 3.05) is 28.4 Å². The van der Waals surface area contributed by atoms with Gasteiger partial charge < -0.3 is 18.9 Å². The zero-order valence-corrected chi connectivity index (χ0v) is 14.9. The van der Waals surface area contributed by atoms with Gasteiger partial charge in [-0.2, -0.15) is 0 Å². The summed E-state index contributed by atoms with van der Waals surface area (Å²) in [5.74, 6) is 0.736. The highest BCUT2D eigenvalue weighted by Gasteiger charge is 2.15. The quantitative estimate of drug-likeness (QED) is 0.763. The summed E-state index contributed by atoms with van der Waals surface area (Å²) in [5.41, 5.74) is 5.24. The van der Waals surface area contributed by atoms with Gasteiger partial charge in [0.25, 0.3) is 11.8 Å². The number of hydrazine groups is 1. The predicted molar refractivity (Wildman–Crippen MR) is 94.0 cm³/mol. The van der Waals surface area contributed by atoms with Gasteiger partial charge in [0.1, 0.15) is 11.5 Å². The molecule has 138 valence electrons. The molecular weight excluding hydrogens is 340 g/mol. The number of benzene rings is 2. The van der Waals surface area contributed by atoms with E-state index < -0.39 is 11.8 Å². The third-order valence-corrected chi connectivity index (χ3v) is 3.59. The molecule has 8 nitrogen and oxygen atoms in total. The third-order valence-electron chi connectivity index (χ3n) is 3.59. The Morgan fingerprint density at radius 2 is 1.35 bits per heavy atom. The molecule has 0 aliphatic heterocycles. The van der Waals surface area contributed by atoms with Crippen LogP contribution in [0.15, 0.2) is 36.4 Å². The molecule has 0 saturated carbocycles. The number of rotatable bonds is 6. The number of methoxy groups -OCH3 is 4. The number of ether oxygens (including phenoxy) is 4. The molecule has 2 rings (SSSR count). The second-order valence-electron chi connectivity index (χ2n) is 5.04. The zero-order valence-electron chi connectivity index (χ0n) is 14.9. The second-order valence-corrected chi connectivity index (χ2v) is 5.04. The monoisotopic (exact) mass is 360 g/mol. The minimum atomic E-state index is -0.529. The highest BCUT2D eigenvalue weighted by atomic mass is 16.5. The van der Waals surface area contributed by atoms with Gasteiger partial charge >= 0.3 is 0 Å². The Hall–Kier alpha value is -3.42. The molecule has 0 saturated heterocycles. The smallest absolute Gasteiger partial charge is 0.273 e. The predicted octanol–water partition coefficient (Wildman–Crippen LogP) is 1.80. The Morgan fingerprint density at radius 3 is 1.96 bits per heavy atom. The molecule has 0 atom stereocenters. The van der Waals surface area contributed by atoms with Gasteiger partial charge in [-0.15, -0.1) is 0 Å². The van der Waals surface area contributed by atoms with Gasteiger partial charge in [-0.05, 0) is 30.3 Å². The maximum Gasteiger partial charge on any atom is 0.273 e. The van der Waals surface area contributed by atoms with E-state index in [0.717, 1.165) is 0 Å². The summed E-state index contributed by atoms with van der Waals surface area (Å²) in [6, 6.07) is 9.39. The first kappa shape index (κ1) is 18.9. The zero-order chi connectivity index (χ0) is 19.1. The largest absolute Gasteiger partial charge is 0.497 e. The van der Waals surface area contributed by atoms with Crippen molar-refractivity contribution < 1.29 is 28.5 Å². The summed E-state index contributed by atoms with van der Waals surface area (Å²) >= 11 is 0. The maximum absolute atomic E-state index is 12.3. The fraction of sp³-hybridized carbons (Fsp3) is 0.222. The number of amides is 2. The average Bonchev–Trinajstić information content (AvgIpc) is 2.70. The first-order valence-corrected chi connectivity index (χ1v) is 7.58. The molecule has 0 unspecified atom stereocenters. The van der Waals surface area contributed by atoms with E-state index >= 15 is 0 Å². The topological polar surface area (TPSA) is 95.1 Å². The number of nitrogens with one attached hydrogen (secondary N) is 2. The lowest BCUT2D eigenvalue weighted by Gasteiger charge is -2.12. The highest BCUT2D eigenvalue weighted by molar-refractivity contribution is 6.00. The van der Waals surface area contributed by atoms with Crippen LogP contribution in [0.2, 0.25) is 0 Å². The van der Waals surface area contributed by atoms with Gasteiger partial charge in [-0.3, -0.25) is 20.4 Å². The van der Waals surface area contributed by atoms with Crippen molar-refractivity contribution >= 4 is 11.8 Å². The highest BCUT2D eigenvalue weighted by Crippen LogP contribution is 2.27. The minimum Gasteiger partial charge on any atom is -0.497 e. The number of carbonyl (C=O) groups excluding carboxylic acids is 2. The van der Waals surface area contributed by atoms with E-state index in [9.17, 15) is 9.59 Å². The molecule has 0 radical (unpaired) electrons. The summed E-state index contributed by atoms with van der Waals surface area (Å²) in [4.78, 5) is 24.5. The Morgan fingerprint density at radius 1 is 0.692 bits per heavy atom. The van der Waals surface area contributed by atoms with Crippen LogP contribution in [0.3, 0.4) is 0 Å². The van der Waals surface area contributed by atoms with Gasteiger partial charge in [-0.1, -0.05) is 0 Å². The lowest BCUT2D eigenvalue weighted by atomic mass is 10.2. The molecule has 0 spiro atoms. The molecule has 0 aliphatic carbocycles. The molecule has 0 heterocycles. The second kappa shape index (κ2) is 8.61. The first-order valence-electron chi connectivity index (χ1n) is 7.58. The molecule has 0 aliphatic rings. The molecule has 0 aromatic heterocycles. The van der Waals surface area contributed by atoms with E-state index in [4.69, 9.17) is 18.9 Å². The standard InChI is InChI=1S/C18H20N2O6/c1-23-12-6-7-13(15(10-12)25-3)18(22)20-19-17(21)11-5-8-14(24-2)16(9-11)26-4/h5-10H,1-4H3,(H,19,21)(H,20,22). The molecule has 2 amide bonds. The van der Waals surface area contributed by atoms with Crippen LogP contribution < -0.4 is 29.8 Å².